The lowest BCUT2D eigenvalue weighted by molar-refractivity contribution is 0.00732. The molecule has 0 radical (unpaired) electrons. The topological polar surface area (TPSA) is 86.3 Å². The average Bonchev–Trinajstić information content (AvgIpc) is 2.46. The second-order valence-electron chi connectivity index (χ2n) is 5.18. The summed E-state index contributed by atoms with van der Waals surface area (Å²) in [4.78, 5) is 13.3. The van der Waals surface area contributed by atoms with Crippen molar-refractivity contribution >= 4 is 6.09 Å². The molecule has 0 spiro atoms. The normalized spacial score (nSPS) is 16.8. The van der Waals surface area contributed by atoms with Crippen molar-refractivity contribution in [1.29, 1.82) is 0 Å². The average molecular weight is 239 g/mol. The van der Waals surface area contributed by atoms with Gasteiger partial charge in [-0.1, -0.05) is 0 Å². The largest absolute Gasteiger partial charge is 0.444 e. The molecule has 1 amide bonds. The summed E-state index contributed by atoms with van der Waals surface area (Å²) in [7, 11) is 0. The highest BCUT2D eigenvalue weighted by atomic mass is 16.6. The zero-order chi connectivity index (χ0) is 12.6. The fourth-order valence-corrected chi connectivity index (χ4v) is 1.66. The summed E-state index contributed by atoms with van der Waals surface area (Å²) in [6.45, 7) is 6.69. The molecule has 0 saturated carbocycles. The Labute approximate surface area is 99.5 Å². The van der Waals surface area contributed by atoms with E-state index in [0.717, 1.165) is 0 Å². The minimum Gasteiger partial charge on any atom is -0.444 e. The van der Waals surface area contributed by atoms with E-state index in [9.17, 15) is 4.79 Å². The van der Waals surface area contributed by atoms with E-state index in [0.29, 0.717) is 18.9 Å². The molecular formula is C10H17N5O2. The van der Waals surface area contributed by atoms with Gasteiger partial charge in [-0.25, -0.2) is 9.47 Å². The number of carbonyl (C=O) groups excluding carboxylic acids is 1. The summed E-state index contributed by atoms with van der Waals surface area (Å²) in [5.74, 6) is 6.48. The maximum Gasteiger partial charge on any atom is 0.410 e. The van der Waals surface area contributed by atoms with Crippen molar-refractivity contribution in [3.63, 3.8) is 0 Å². The molecule has 0 atom stereocenters. The third-order valence-electron chi connectivity index (χ3n) is 2.50. The van der Waals surface area contributed by atoms with Gasteiger partial charge in [0.15, 0.2) is 5.82 Å². The predicted octanol–water partition coefficient (Wildman–Crippen LogP) is 0.326. The number of likely N-dealkylation sites (tertiary alicyclic amines) is 1. The number of nitrogens with two attached hydrogens (primary N) is 1. The Morgan fingerprint density at radius 3 is 2.65 bits per heavy atom. The first kappa shape index (κ1) is 11.7. The van der Waals surface area contributed by atoms with Crippen LogP contribution in [0.25, 0.3) is 0 Å². The summed E-state index contributed by atoms with van der Waals surface area (Å²) in [5, 5.41) is 7.62. The van der Waals surface area contributed by atoms with Crippen LogP contribution in [0, 0.1) is 0 Å². The molecular weight excluding hydrogens is 222 g/mol. The van der Waals surface area contributed by atoms with Crippen LogP contribution in [0.4, 0.5) is 4.79 Å². The molecule has 0 aromatic carbocycles. The van der Waals surface area contributed by atoms with Gasteiger partial charge in [0.2, 0.25) is 0 Å². The van der Waals surface area contributed by atoms with Crippen LogP contribution in [0.2, 0.25) is 0 Å². The minimum atomic E-state index is -0.462. The Kier molecular flexibility index (Phi) is 2.68. The van der Waals surface area contributed by atoms with E-state index in [1.54, 1.807) is 4.90 Å². The maximum atomic E-state index is 11.7. The molecule has 1 saturated heterocycles. The van der Waals surface area contributed by atoms with Crippen molar-refractivity contribution in [2.45, 2.75) is 32.3 Å². The number of rotatable bonds is 1. The number of ether oxygens (including phenoxy) is 1. The van der Waals surface area contributed by atoms with Crippen LogP contribution in [0.5, 0.6) is 0 Å². The van der Waals surface area contributed by atoms with Crippen LogP contribution in [-0.4, -0.2) is 44.6 Å². The highest BCUT2D eigenvalue weighted by molar-refractivity contribution is 5.69. The fourth-order valence-electron chi connectivity index (χ4n) is 1.66. The number of nitrogen functional groups attached to an aromatic ring is 1. The highest BCUT2D eigenvalue weighted by Gasteiger charge is 2.36. The lowest BCUT2D eigenvalue weighted by atomic mass is 10.0. The Hall–Kier alpha value is -1.79. The zero-order valence-corrected chi connectivity index (χ0v) is 10.3. The van der Waals surface area contributed by atoms with Crippen molar-refractivity contribution in [3.8, 4) is 0 Å². The minimum absolute atomic E-state index is 0.148. The number of hydrogen-bond donors (Lipinski definition) is 1. The SMILES string of the molecule is CC(C)(C)OC(=O)N1CC(c2nncn2N)C1. The van der Waals surface area contributed by atoms with Gasteiger partial charge in [-0.3, -0.25) is 0 Å². The zero-order valence-electron chi connectivity index (χ0n) is 10.3. The summed E-state index contributed by atoms with van der Waals surface area (Å²) >= 11 is 0. The Balaban J connectivity index is 1.87. The molecule has 0 aliphatic carbocycles. The number of nitrogens with zero attached hydrogens (tertiary/aromatic N) is 4. The molecule has 1 aliphatic heterocycles. The van der Waals surface area contributed by atoms with Gasteiger partial charge in [-0.2, -0.15) is 0 Å². The van der Waals surface area contributed by atoms with Gasteiger partial charge in [0.05, 0.1) is 5.92 Å². The molecule has 0 unspecified atom stereocenters. The van der Waals surface area contributed by atoms with E-state index in [4.69, 9.17) is 10.6 Å². The lowest BCUT2D eigenvalue weighted by Crippen LogP contribution is -2.51. The van der Waals surface area contributed by atoms with Crippen molar-refractivity contribution in [3.05, 3.63) is 12.2 Å². The summed E-state index contributed by atoms with van der Waals surface area (Å²) in [6.07, 6.45) is 1.16. The summed E-state index contributed by atoms with van der Waals surface area (Å²) in [6, 6.07) is 0. The molecule has 1 fully saturated rings. The molecule has 2 N–H and O–H groups in total. The van der Waals surface area contributed by atoms with Crippen molar-refractivity contribution < 1.29 is 9.53 Å². The van der Waals surface area contributed by atoms with Gasteiger partial charge in [0, 0.05) is 13.1 Å². The van der Waals surface area contributed by atoms with Crippen LogP contribution >= 0.6 is 0 Å². The first-order valence-electron chi connectivity index (χ1n) is 5.50. The van der Waals surface area contributed by atoms with E-state index in [2.05, 4.69) is 10.2 Å². The van der Waals surface area contributed by atoms with Gasteiger partial charge >= 0.3 is 6.09 Å². The van der Waals surface area contributed by atoms with E-state index >= 15 is 0 Å². The van der Waals surface area contributed by atoms with Gasteiger partial charge in [-0.05, 0) is 20.8 Å². The molecule has 17 heavy (non-hydrogen) atoms. The lowest BCUT2D eigenvalue weighted by Gasteiger charge is -2.38. The highest BCUT2D eigenvalue weighted by Crippen LogP contribution is 2.26. The van der Waals surface area contributed by atoms with Gasteiger partial charge in [-0.15, -0.1) is 10.2 Å². The molecule has 94 valence electrons. The molecule has 0 bridgehead atoms. The van der Waals surface area contributed by atoms with Crippen LogP contribution in [0.15, 0.2) is 6.33 Å². The summed E-state index contributed by atoms with van der Waals surface area (Å²) < 4.78 is 6.64. The Bertz CT molecular complexity index is 417. The first-order valence-corrected chi connectivity index (χ1v) is 5.50. The predicted molar refractivity (Wildman–Crippen MR) is 60.7 cm³/mol. The van der Waals surface area contributed by atoms with Gasteiger partial charge < -0.3 is 15.5 Å². The molecule has 2 heterocycles. The van der Waals surface area contributed by atoms with Gasteiger partial charge in [0.1, 0.15) is 11.9 Å². The third kappa shape index (κ3) is 2.48. The monoisotopic (exact) mass is 239 g/mol. The number of hydrogen-bond acceptors (Lipinski definition) is 5. The second kappa shape index (κ2) is 3.90. The van der Waals surface area contributed by atoms with E-state index in [1.807, 2.05) is 20.8 Å². The molecule has 7 heteroatoms. The van der Waals surface area contributed by atoms with Crippen molar-refractivity contribution in [2.75, 3.05) is 18.9 Å². The Morgan fingerprint density at radius 1 is 1.53 bits per heavy atom. The maximum absolute atomic E-state index is 11.7. The summed E-state index contributed by atoms with van der Waals surface area (Å²) in [5.41, 5.74) is -0.462. The van der Waals surface area contributed by atoms with Crippen LogP contribution in [0.1, 0.15) is 32.5 Å². The molecule has 7 nitrogen and oxygen atoms in total. The Morgan fingerprint density at radius 2 is 2.18 bits per heavy atom. The van der Waals surface area contributed by atoms with Crippen LogP contribution < -0.4 is 5.84 Å². The molecule has 1 aromatic heterocycles. The third-order valence-corrected chi connectivity index (χ3v) is 2.50. The van der Waals surface area contributed by atoms with Crippen LogP contribution in [0.3, 0.4) is 0 Å². The number of carbonyl (C=O) groups is 1. The number of aromatic nitrogens is 3. The smallest absolute Gasteiger partial charge is 0.410 e. The van der Waals surface area contributed by atoms with Crippen molar-refractivity contribution in [1.82, 2.24) is 19.8 Å². The van der Waals surface area contributed by atoms with Gasteiger partial charge in [0.25, 0.3) is 0 Å². The molecule has 1 aliphatic rings. The van der Waals surface area contributed by atoms with Crippen molar-refractivity contribution in [2.24, 2.45) is 0 Å². The molecule has 1 aromatic rings. The second-order valence-corrected chi connectivity index (χ2v) is 5.18. The quantitative estimate of drug-likeness (QED) is 0.713. The van der Waals surface area contributed by atoms with E-state index < -0.39 is 5.60 Å². The first-order chi connectivity index (χ1) is 7.87. The fraction of sp³-hybridized carbons (Fsp3) is 0.700. The van der Waals surface area contributed by atoms with E-state index in [1.165, 1.54) is 11.0 Å². The van der Waals surface area contributed by atoms with E-state index in [-0.39, 0.29) is 12.0 Å². The van der Waals surface area contributed by atoms with Crippen LogP contribution in [-0.2, 0) is 4.74 Å². The molecule has 2 rings (SSSR count). The number of amides is 1. The standard InChI is InChI=1S/C10H17N5O2/c1-10(2,3)17-9(16)14-4-7(5-14)8-13-12-6-15(8)11/h6-7H,4-5,11H2,1-3H3.